The van der Waals surface area contributed by atoms with Gasteiger partial charge in [0.15, 0.2) is 0 Å². The Morgan fingerprint density at radius 3 is 2.00 bits per heavy atom. The topological polar surface area (TPSA) is 148 Å². The highest BCUT2D eigenvalue weighted by molar-refractivity contribution is 7.92. The average molecular weight is 613 g/mol. The molecule has 12 nitrogen and oxygen atoms in total. The Morgan fingerprint density at radius 2 is 1.49 bits per heavy atom. The molecule has 0 saturated carbocycles. The van der Waals surface area contributed by atoms with Crippen LogP contribution in [0.2, 0.25) is 0 Å². The van der Waals surface area contributed by atoms with E-state index in [9.17, 15) is 28.1 Å². The number of ether oxygens (including phenoxy) is 2. The number of aryl methyl sites for hydroxylation is 1. The van der Waals surface area contributed by atoms with Crippen LogP contribution >= 0.6 is 0 Å². The number of amides is 2. The first kappa shape index (κ1) is 32.9. The van der Waals surface area contributed by atoms with E-state index >= 15 is 0 Å². The predicted octanol–water partition coefficient (Wildman–Crippen LogP) is 4.06. The standard InChI is InChI=1S/C30H36N4O8S/c1-20(2)31-30(36)22(4)32(18-23-8-12-25(41-5)13-9-23)29(35)19-33(24-10-14-26(42-6)15-11-24)43(39,40)27-16-7-21(3)28(17-27)34(37)38/h7-17,20,22H,18-19H2,1-6H3,(H,31,36). The first-order chi connectivity index (χ1) is 20.3. The zero-order valence-corrected chi connectivity index (χ0v) is 25.8. The van der Waals surface area contributed by atoms with Crippen LogP contribution in [-0.4, -0.2) is 62.9 Å². The van der Waals surface area contributed by atoms with Crippen LogP contribution < -0.4 is 19.1 Å². The number of benzene rings is 3. The first-order valence-electron chi connectivity index (χ1n) is 13.4. The number of methoxy groups -OCH3 is 2. The van der Waals surface area contributed by atoms with Crippen LogP contribution in [-0.2, 0) is 26.2 Å². The fourth-order valence-electron chi connectivity index (χ4n) is 4.27. The van der Waals surface area contributed by atoms with Gasteiger partial charge in [0, 0.05) is 24.2 Å². The molecule has 0 radical (unpaired) electrons. The molecule has 0 saturated heterocycles. The van der Waals surface area contributed by atoms with Crippen molar-refractivity contribution in [3.63, 3.8) is 0 Å². The monoisotopic (exact) mass is 612 g/mol. The maximum atomic E-state index is 14.0. The van der Waals surface area contributed by atoms with Gasteiger partial charge in [-0.15, -0.1) is 0 Å². The highest BCUT2D eigenvalue weighted by Crippen LogP contribution is 2.29. The number of sulfonamides is 1. The van der Waals surface area contributed by atoms with Gasteiger partial charge in [-0.3, -0.25) is 24.0 Å². The zero-order valence-electron chi connectivity index (χ0n) is 24.9. The summed E-state index contributed by atoms with van der Waals surface area (Å²) in [6.45, 7) is 5.96. The number of rotatable bonds is 13. The van der Waals surface area contributed by atoms with E-state index in [0.29, 0.717) is 17.1 Å². The van der Waals surface area contributed by atoms with Gasteiger partial charge in [0.2, 0.25) is 11.8 Å². The van der Waals surface area contributed by atoms with Gasteiger partial charge in [0.05, 0.1) is 29.7 Å². The van der Waals surface area contributed by atoms with Crippen LogP contribution in [0.25, 0.3) is 0 Å². The Morgan fingerprint density at radius 1 is 0.930 bits per heavy atom. The van der Waals surface area contributed by atoms with E-state index in [4.69, 9.17) is 9.47 Å². The van der Waals surface area contributed by atoms with Crippen molar-refractivity contribution >= 4 is 33.2 Å². The molecule has 3 aromatic rings. The van der Waals surface area contributed by atoms with Gasteiger partial charge in [-0.05, 0) is 75.7 Å². The number of carbonyl (C=O) groups is 2. The van der Waals surface area contributed by atoms with Gasteiger partial charge < -0.3 is 19.7 Å². The van der Waals surface area contributed by atoms with Crippen molar-refractivity contribution in [2.24, 2.45) is 0 Å². The van der Waals surface area contributed by atoms with Gasteiger partial charge >= 0.3 is 0 Å². The lowest BCUT2D eigenvalue weighted by Crippen LogP contribution is -2.52. The van der Waals surface area contributed by atoms with E-state index in [0.717, 1.165) is 10.4 Å². The molecule has 3 rings (SSSR count). The Hall–Kier alpha value is -4.65. The molecular formula is C30H36N4O8S. The molecule has 0 heterocycles. The molecule has 1 atom stereocenters. The Balaban J connectivity index is 2.08. The largest absolute Gasteiger partial charge is 0.497 e. The molecule has 1 unspecified atom stereocenters. The summed E-state index contributed by atoms with van der Waals surface area (Å²) >= 11 is 0. The number of nitro benzene ring substituents is 1. The van der Waals surface area contributed by atoms with E-state index in [1.165, 1.54) is 62.4 Å². The van der Waals surface area contributed by atoms with Crippen molar-refractivity contribution in [1.29, 1.82) is 0 Å². The average Bonchev–Trinajstić information content (AvgIpc) is 2.98. The molecule has 3 aromatic carbocycles. The summed E-state index contributed by atoms with van der Waals surface area (Å²) in [5.41, 5.74) is 0.723. The number of hydrogen-bond donors (Lipinski definition) is 1. The van der Waals surface area contributed by atoms with Crippen LogP contribution in [0.15, 0.2) is 71.6 Å². The van der Waals surface area contributed by atoms with Gasteiger partial charge in [-0.2, -0.15) is 0 Å². The van der Waals surface area contributed by atoms with Crippen molar-refractivity contribution in [2.75, 3.05) is 25.1 Å². The molecule has 0 aliphatic heterocycles. The van der Waals surface area contributed by atoms with Gasteiger partial charge in [-0.1, -0.05) is 18.2 Å². The maximum Gasteiger partial charge on any atom is 0.273 e. The van der Waals surface area contributed by atoms with Crippen molar-refractivity contribution in [2.45, 2.75) is 51.2 Å². The van der Waals surface area contributed by atoms with Gasteiger partial charge in [0.25, 0.3) is 15.7 Å². The molecule has 1 N–H and O–H groups in total. The van der Waals surface area contributed by atoms with E-state index in [1.807, 2.05) is 0 Å². The number of carbonyl (C=O) groups excluding carboxylic acids is 2. The molecule has 0 spiro atoms. The summed E-state index contributed by atoms with van der Waals surface area (Å²) in [7, 11) is -1.51. The molecule has 13 heteroatoms. The second kappa shape index (κ2) is 14.0. The number of nitrogens with one attached hydrogen (secondary N) is 1. The summed E-state index contributed by atoms with van der Waals surface area (Å²) in [5.74, 6) is -0.0113. The quantitative estimate of drug-likeness (QED) is 0.224. The van der Waals surface area contributed by atoms with Crippen molar-refractivity contribution in [3.05, 3.63) is 88.0 Å². The lowest BCUT2D eigenvalue weighted by Gasteiger charge is -2.32. The van der Waals surface area contributed by atoms with Crippen LogP contribution in [0, 0.1) is 17.0 Å². The normalized spacial score (nSPS) is 11.9. The predicted molar refractivity (Wildman–Crippen MR) is 162 cm³/mol. The fourth-order valence-corrected chi connectivity index (χ4v) is 5.70. The van der Waals surface area contributed by atoms with E-state index in [1.54, 1.807) is 45.0 Å². The number of nitrogens with zero attached hydrogens (tertiary/aromatic N) is 3. The maximum absolute atomic E-state index is 14.0. The van der Waals surface area contributed by atoms with Crippen LogP contribution in [0.3, 0.4) is 0 Å². The highest BCUT2D eigenvalue weighted by atomic mass is 32.2. The minimum Gasteiger partial charge on any atom is -0.497 e. The second-order valence-electron chi connectivity index (χ2n) is 10.1. The number of hydrogen-bond acceptors (Lipinski definition) is 8. The van der Waals surface area contributed by atoms with Crippen LogP contribution in [0.4, 0.5) is 11.4 Å². The summed E-state index contributed by atoms with van der Waals surface area (Å²) in [5, 5.41) is 14.4. The summed E-state index contributed by atoms with van der Waals surface area (Å²) in [4.78, 5) is 38.9. The fraction of sp³-hybridized carbons (Fsp3) is 0.333. The van der Waals surface area contributed by atoms with Crippen molar-refractivity contribution in [1.82, 2.24) is 10.2 Å². The third-order valence-corrected chi connectivity index (χ3v) is 8.48. The molecule has 0 aliphatic rings. The molecule has 43 heavy (non-hydrogen) atoms. The number of nitro groups is 1. The number of anilines is 1. The highest BCUT2D eigenvalue weighted by Gasteiger charge is 2.33. The Kier molecular flexibility index (Phi) is 10.7. The summed E-state index contributed by atoms with van der Waals surface area (Å²) < 4.78 is 39.3. The van der Waals surface area contributed by atoms with Crippen molar-refractivity contribution < 1.29 is 32.4 Å². The summed E-state index contributed by atoms with van der Waals surface area (Å²) in [6, 6.07) is 15.3. The van der Waals surface area contributed by atoms with E-state index in [-0.39, 0.29) is 34.4 Å². The molecule has 0 bridgehead atoms. The van der Waals surface area contributed by atoms with Gasteiger partial charge in [0.1, 0.15) is 24.1 Å². The molecule has 0 aliphatic carbocycles. The minimum atomic E-state index is -4.50. The van der Waals surface area contributed by atoms with E-state index < -0.39 is 39.3 Å². The minimum absolute atomic E-state index is 0.00200. The lowest BCUT2D eigenvalue weighted by molar-refractivity contribution is -0.385. The first-order valence-corrected chi connectivity index (χ1v) is 14.9. The third kappa shape index (κ3) is 8.01. The SMILES string of the molecule is COc1ccc(CN(C(=O)CN(c2ccc(OC)cc2)S(=O)(=O)c2ccc(C)c([N+](=O)[O-])c2)C(C)C(=O)NC(C)C)cc1. The zero-order chi connectivity index (χ0) is 31.9. The lowest BCUT2D eigenvalue weighted by atomic mass is 10.1. The molecular weight excluding hydrogens is 576 g/mol. The van der Waals surface area contributed by atoms with Gasteiger partial charge in [-0.25, -0.2) is 8.42 Å². The van der Waals surface area contributed by atoms with Crippen LogP contribution in [0.1, 0.15) is 31.9 Å². The Bertz CT molecular complexity index is 1560. The van der Waals surface area contributed by atoms with Crippen LogP contribution in [0.5, 0.6) is 11.5 Å². The Labute approximate surface area is 251 Å². The van der Waals surface area contributed by atoms with E-state index in [2.05, 4.69) is 5.32 Å². The molecule has 0 aromatic heterocycles. The molecule has 230 valence electrons. The van der Waals surface area contributed by atoms with Crippen molar-refractivity contribution in [3.8, 4) is 11.5 Å². The molecule has 0 fully saturated rings. The smallest absolute Gasteiger partial charge is 0.273 e. The second-order valence-corrected chi connectivity index (χ2v) is 12.0. The summed E-state index contributed by atoms with van der Waals surface area (Å²) in [6.07, 6.45) is 0. The third-order valence-electron chi connectivity index (χ3n) is 6.71. The molecule has 2 amide bonds.